The van der Waals surface area contributed by atoms with Gasteiger partial charge in [-0.25, -0.2) is 14.0 Å². The van der Waals surface area contributed by atoms with E-state index in [4.69, 9.17) is 19.8 Å². The van der Waals surface area contributed by atoms with Crippen molar-refractivity contribution in [1.82, 2.24) is 10.3 Å². The van der Waals surface area contributed by atoms with E-state index in [1.807, 2.05) is 24.3 Å². The fourth-order valence-corrected chi connectivity index (χ4v) is 2.43. The molecular formula is C19H19FN2O4. The molecule has 0 fully saturated rings. The minimum absolute atomic E-state index is 0.146. The average molecular weight is 358 g/mol. The number of hydrogen-bond acceptors (Lipinski definition) is 3. The maximum Gasteiger partial charge on any atom is 0.414 e. The summed E-state index contributed by atoms with van der Waals surface area (Å²) in [6.07, 6.45) is 2.98. The van der Waals surface area contributed by atoms with E-state index in [1.54, 1.807) is 6.07 Å². The van der Waals surface area contributed by atoms with E-state index in [2.05, 4.69) is 28.6 Å². The summed E-state index contributed by atoms with van der Waals surface area (Å²) in [5.41, 5.74) is 3.17. The molecule has 0 saturated carbocycles. The molecule has 0 atom stereocenters. The van der Waals surface area contributed by atoms with Crippen LogP contribution in [0.3, 0.4) is 0 Å². The quantitative estimate of drug-likeness (QED) is 0.415. The van der Waals surface area contributed by atoms with Gasteiger partial charge in [-0.15, -0.1) is 0 Å². The Labute approximate surface area is 149 Å². The van der Waals surface area contributed by atoms with E-state index in [1.165, 1.54) is 17.0 Å². The molecule has 0 aliphatic rings. The summed E-state index contributed by atoms with van der Waals surface area (Å²) in [7, 11) is 0. The van der Waals surface area contributed by atoms with Gasteiger partial charge in [-0.3, -0.25) is 0 Å². The second-order valence-electron chi connectivity index (χ2n) is 5.49. The van der Waals surface area contributed by atoms with E-state index in [-0.39, 0.29) is 5.82 Å². The lowest BCUT2D eigenvalue weighted by molar-refractivity contribution is -0.159. The van der Waals surface area contributed by atoms with Crippen LogP contribution in [0, 0.1) is 5.82 Å². The molecule has 0 radical (unpaired) electrons. The molecule has 0 aliphatic carbocycles. The molecule has 0 spiro atoms. The Balaban J connectivity index is 0.000000352. The first-order valence-corrected chi connectivity index (χ1v) is 7.94. The fourth-order valence-electron chi connectivity index (χ4n) is 2.43. The van der Waals surface area contributed by atoms with Gasteiger partial charge >= 0.3 is 11.9 Å². The highest BCUT2D eigenvalue weighted by Crippen LogP contribution is 2.17. The monoisotopic (exact) mass is 358 g/mol. The van der Waals surface area contributed by atoms with Crippen LogP contribution >= 0.6 is 0 Å². The number of fused-ring (bicyclic) bond motifs is 1. The average Bonchev–Trinajstić information content (AvgIpc) is 3.04. The Bertz CT molecular complexity index is 880. The normalized spacial score (nSPS) is 10.2. The number of H-pyrrole nitrogens is 1. The molecule has 136 valence electrons. The lowest BCUT2D eigenvalue weighted by Gasteiger charge is -2.05. The number of benzene rings is 2. The van der Waals surface area contributed by atoms with Crippen molar-refractivity contribution in [2.24, 2.45) is 0 Å². The van der Waals surface area contributed by atoms with Gasteiger partial charge in [-0.1, -0.05) is 36.4 Å². The predicted molar refractivity (Wildman–Crippen MR) is 95.4 cm³/mol. The van der Waals surface area contributed by atoms with Gasteiger partial charge < -0.3 is 20.5 Å². The summed E-state index contributed by atoms with van der Waals surface area (Å²) < 4.78 is 13.5. The first kappa shape index (κ1) is 19.1. The third-order valence-corrected chi connectivity index (χ3v) is 3.70. The fraction of sp³-hybridized carbons (Fsp3) is 0.158. The molecule has 2 aromatic carbocycles. The number of hydrogen-bond donors (Lipinski definition) is 4. The van der Waals surface area contributed by atoms with Gasteiger partial charge in [0.15, 0.2) is 0 Å². The number of carboxylic acid groups (broad SMARTS) is 2. The van der Waals surface area contributed by atoms with Crippen molar-refractivity contribution in [2.75, 3.05) is 6.54 Å². The number of carboxylic acids is 2. The minimum Gasteiger partial charge on any atom is -0.473 e. The molecule has 0 saturated heterocycles. The van der Waals surface area contributed by atoms with Crippen molar-refractivity contribution >= 4 is 22.8 Å². The van der Waals surface area contributed by atoms with Crippen molar-refractivity contribution in [3.63, 3.8) is 0 Å². The first-order chi connectivity index (χ1) is 12.5. The van der Waals surface area contributed by atoms with Crippen molar-refractivity contribution in [2.45, 2.75) is 13.0 Å². The highest BCUT2D eigenvalue weighted by molar-refractivity contribution is 6.27. The van der Waals surface area contributed by atoms with E-state index in [0.717, 1.165) is 18.5 Å². The van der Waals surface area contributed by atoms with Crippen molar-refractivity contribution < 1.29 is 24.2 Å². The summed E-state index contributed by atoms with van der Waals surface area (Å²) in [6.45, 7) is 1.39. The zero-order valence-corrected chi connectivity index (χ0v) is 13.9. The SMILES string of the molecule is Fc1ccccc1CNCCc1c[nH]c2ccccc12.O=C(O)C(=O)O. The largest absolute Gasteiger partial charge is 0.473 e. The predicted octanol–water partition coefficient (Wildman–Crippen LogP) is 2.79. The number of para-hydroxylation sites is 1. The molecule has 7 heteroatoms. The zero-order valence-electron chi connectivity index (χ0n) is 13.9. The van der Waals surface area contributed by atoms with Crippen LogP contribution in [0.15, 0.2) is 54.7 Å². The Morgan fingerprint density at radius 1 is 0.962 bits per heavy atom. The van der Waals surface area contributed by atoms with Crippen LogP contribution < -0.4 is 5.32 Å². The van der Waals surface area contributed by atoms with Crippen molar-refractivity contribution in [3.05, 3.63) is 71.7 Å². The van der Waals surface area contributed by atoms with Crippen molar-refractivity contribution in [1.29, 1.82) is 0 Å². The second kappa shape index (κ2) is 9.33. The highest BCUT2D eigenvalue weighted by Gasteiger charge is 2.04. The van der Waals surface area contributed by atoms with Gasteiger partial charge in [-0.05, 0) is 30.7 Å². The Hall–Kier alpha value is -3.19. The van der Waals surface area contributed by atoms with Gasteiger partial charge in [-0.2, -0.15) is 0 Å². The number of halogens is 1. The molecule has 0 unspecified atom stereocenters. The second-order valence-corrected chi connectivity index (χ2v) is 5.49. The molecule has 0 aliphatic heterocycles. The Morgan fingerprint density at radius 3 is 2.31 bits per heavy atom. The Kier molecular flexibility index (Phi) is 6.87. The molecule has 26 heavy (non-hydrogen) atoms. The zero-order chi connectivity index (χ0) is 18.9. The van der Waals surface area contributed by atoms with Crippen LogP contribution in [0.1, 0.15) is 11.1 Å². The summed E-state index contributed by atoms with van der Waals surface area (Å²) in [6, 6.07) is 15.2. The topological polar surface area (TPSA) is 102 Å². The number of rotatable bonds is 5. The molecule has 0 amide bonds. The van der Waals surface area contributed by atoms with Crippen LogP contribution in [0.5, 0.6) is 0 Å². The minimum atomic E-state index is -1.82. The molecule has 3 rings (SSSR count). The molecule has 1 aromatic heterocycles. The summed E-state index contributed by atoms with van der Waals surface area (Å²) in [5.74, 6) is -3.79. The Morgan fingerprint density at radius 2 is 1.62 bits per heavy atom. The van der Waals surface area contributed by atoms with E-state index in [0.29, 0.717) is 12.1 Å². The van der Waals surface area contributed by atoms with Gasteiger partial charge in [0.1, 0.15) is 5.82 Å². The van der Waals surface area contributed by atoms with E-state index in [9.17, 15) is 4.39 Å². The molecule has 6 nitrogen and oxygen atoms in total. The van der Waals surface area contributed by atoms with Crippen LogP contribution in [0.2, 0.25) is 0 Å². The molecule has 3 aromatic rings. The smallest absolute Gasteiger partial charge is 0.414 e. The lowest BCUT2D eigenvalue weighted by atomic mass is 10.1. The summed E-state index contributed by atoms with van der Waals surface area (Å²) >= 11 is 0. The van der Waals surface area contributed by atoms with E-state index >= 15 is 0 Å². The number of aromatic nitrogens is 1. The highest BCUT2D eigenvalue weighted by atomic mass is 19.1. The number of nitrogens with one attached hydrogen (secondary N) is 2. The van der Waals surface area contributed by atoms with Crippen LogP contribution in [-0.2, 0) is 22.6 Å². The van der Waals surface area contributed by atoms with Crippen LogP contribution in [0.4, 0.5) is 4.39 Å². The lowest BCUT2D eigenvalue weighted by Crippen LogP contribution is -2.17. The molecule has 1 heterocycles. The maximum atomic E-state index is 13.5. The van der Waals surface area contributed by atoms with Crippen molar-refractivity contribution in [3.8, 4) is 0 Å². The summed E-state index contributed by atoms with van der Waals surface area (Å²) in [5, 5.41) is 19.3. The molecule has 4 N–H and O–H groups in total. The first-order valence-electron chi connectivity index (χ1n) is 7.94. The van der Waals surface area contributed by atoms with Crippen LogP contribution in [-0.4, -0.2) is 33.7 Å². The number of aromatic amines is 1. The third-order valence-electron chi connectivity index (χ3n) is 3.70. The van der Waals surface area contributed by atoms with Gasteiger partial charge in [0, 0.05) is 29.2 Å². The van der Waals surface area contributed by atoms with Gasteiger partial charge in [0.2, 0.25) is 0 Å². The number of aliphatic carboxylic acids is 2. The molecule has 0 bridgehead atoms. The molecular weight excluding hydrogens is 339 g/mol. The van der Waals surface area contributed by atoms with Gasteiger partial charge in [0.05, 0.1) is 0 Å². The van der Waals surface area contributed by atoms with Crippen LogP contribution in [0.25, 0.3) is 10.9 Å². The maximum absolute atomic E-state index is 13.5. The number of carbonyl (C=O) groups is 2. The standard InChI is InChI=1S/C17H17FN2.C2H2O4/c18-16-7-3-1-5-14(16)11-19-10-9-13-12-20-17-8-4-2-6-15(13)17;3-1(4)2(5)6/h1-8,12,19-20H,9-11H2;(H,3,4)(H,5,6). The van der Waals surface area contributed by atoms with Gasteiger partial charge in [0.25, 0.3) is 0 Å². The summed E-state index contributed by atoms with van der Waals surface area (Å²) in [4.78, 5) is 21.5. The third kappa shape index (κ3) is 5.42. The van der Waals surface area contributed by atoms with E-state index < -0.39 is 11.9 Å².